The van der Waals surface area contributed by atoms with E-state index in [1.807, 2.05) is 35.9 Å². The van der Waals surface area contributed by atoms with E-state index in [1.165, 1.54) is 0 Å². The Hall–Kier alpha value is -1.49. The second kappa shape index (κ2) is 6.79. The minimum absolute atomic E-state index is 0.483. The highest BCUT2D eigenvalue weighted by Crippen LogP contribution is 2.29. The maximum absolute atomic E-state index is 5.91. The van der Waals surface area contributed by atoms with Crippen LogP contribution in [0.1, 0.15) is 23.9 Å². The van der Waals surface area contributed by atoms with Crippen molar-refractivity contribution in [2.75, 3.05) is 7.11 Å². The number of rotatable bonds is 6. The normalized spacial score (nSPS) is 10.6. The Labute approximate surface area is 127 Å². The molecule has 0 aliphatic heterocycles. The van der Waals surface area contributed by atoms with Gasteiger partial charge in [-0.2, -0.15) is 5.10 Å². The SMILES string of the molecule is CCn1nc(C)cc1COc1cc(CBr)ccc1OC. The lowest BCUT2D eigenvalue weighted by molar-refractivity contribution is 0.274. The van der Waals surface area contributed by atoms with Crippen LogP contribution in [0.4, 0.5) is 0 Å². The van der Waals surface area contributed by atoms with Crippen LogP contribution in [0.2, 0.25) is 0 Å². The molecule has 1 aromatic heterocycles. The van der Waals surface area contributed by atoms with Gasteiger partial charge in [0, 0.05) is 11.9 Å². The Bertz CT molecular complexity index is 581. The molecule has 2 rings (SSSR count). The van der Waals surface area contributed by atoms with Crippen LogP contribution < -0.4 is 9.47 Å². The highest BCUT2D eigenvalue weighted by Gasteiger charge is 2.09. The van der Waals surface area contributed by atoms with Crippen molar-refractivity contribution < 1.29 is 9.47 Å². The molecule has 5 heteroatoms. The van der Waals surface area contributed by atoms with Gasteiger partial charge in [0.05, 0.1) is 18.5 Å². The van der Waals surface area contributed by atoms with Crippen LogP contribution in [0.3, 0.4) is 0 Å². The Kier molecular flexibility index (Phi) is 5.06. The molecule has 0 amide bonds. The van der Waals surface area contributed by atoms with E-state index in [9.17, 15) is 0 Å². The van der Waals surface area contributed by atoms with Crippen molar-refractivity contribution in [3.8, 4) is 11.5 Å². The zero-order valence-electron chi connectivity index (χ0n) is 12.0. The zero-order valence-corrected chi connectivity index (χ0v) is 13.6. The Balaban J connectivity index is 2.17. The summed E-state index contributed by atoms with van der Waals surface area (Å²) in [6, 6.07) is 7.98. The number of aryl methyl sites for hydroxylation is 2. The van der Waals surface area contributed by atoms with Crippen molar-refractivity contribution in [3.63, 3.8) is 0 Å². The van der Waals surface area contributed by atoms with Crippen LogP contribution in [0, 0.1) is 6.92 Å². The lowest BCUT2D eigenvalue weighted by atomic mass is 10.2. The van der Waals surface area contributed by atoms with Gasteiger partial charge in [-0.3, -0.25) is 4.68 Å². The Morgan fingerprint density at radius 3 is 2.70 bits per heavy atom. The van der Waals surface area contributed by atoms with Gasteiger partial charge in [-0.25, -0.2) is 0 Å². The van der Waals surface area contributed by atoms with Gasteiger partial charge in [0.2, 0.25) is 0 Å². The summed E-state index contributed by atoms with van der Waals surface area (Å²) in [4.78, 5) is 0. The first-order chi connectivity index (χ1) is 9.67. The Morgan fingerprint density at radius 2 is 2.05 bits per heavy atom. The standard InChI is InChI=1S/C15H19BrN2O2/c1-4-18-13(7-11(2)17-18)10-20-15-8-12(9-16)5-6-14(15)19-3/h5-8H,4,9-10H2,1-3H3. The first kappa shape index (κ1) is 14.9. The van der Waals surface area contributed by atoms with Gasteiger partial charge in [0.1, 0.15) is 6.61 Å². The van der Waals surface area contributed by atoms with Gasteiger partial charge in [-0.05, 0) is 37.6 Å². The predicted molar refractivity (Wildman–Crippen MR) is 82.6 cm³/mol. The predicted octanol–water partition coefficient (Wildman–Crippen LogP) is 3.69. The summed E-state index contributed by atoms with van der Waals surface area (Å²) >= 11 is 3.45. The van der Waals surface area contributed by atoms with E-state index in [-0.39, 0.29) is 0 Å². The van der Waals surface area contributed by atoms with Crippen molar-refractivity contribution in [1.29, 1.82) is 0 Å². The van der Waals surface area contributed by atoms with Crippen LogP contribution >= 0.6 is 15.9 Å². The van der Waals surface area contributed by atoms with Crippen LogP contribution in [-0.2, 0) is 18.5 Å². The summed E-state index contributed by atoms with van der Waals surface area (Å²) in [7, 11) is 1.65. The molecule has 108 valence electrons. The smallest absolute Gasteiger partial charge is 0.162 e. The number of methoxy groups -OCH3 is 1. The number of nitrogens with zero attached hydrogens (tertiary/aromatic N) is 2. The fourth-order valence-corrected chi connectivity index (χ4v) is 2.41. The van der Waals surface area contributed by atoms with E-state index in [2.05, 4.69) is 28.0 Å². The molecule has 4 nitrogen and oxygen atoms in total. The van der Waals surface area contributed by atoms with Gasteiger partial charge in [-0.1, -0.05) is 22.0 Å². The summed E-state index contributed by atoms with van der Waals surface area (Å²) in [6.45, 7) is 5.38. The van der Waals surface area contributed by atoms with Crippen LogP contribution in [0.15, 0.2) is 24.3 Å². The molecule has 0 fully saturated rings. The summed E-state index contributed by atoms with van der Waals surface area (Å²) < 4.78 is 13.2. The molecule has 0 atom stereocenters. The molecule has 0 unspecified atom stereocenters. The maximum Gasteiger partial charge on any atom is 0.162 e. The number of aromatic nitrogens is 2. The monoisotopic (exact) mass is 338 g/mol. The first-order valence-electron chi connectivity index (χ1n) is 6.57. The average Bonchev–Trinajstić information content (AvgIpc) is 2.84. The van der Waals surface area contributed by atoms with Crippen LogP contribution in [0.5, 0.6) is 11.5 Å². The van der Waals surface area contributed by atoms with Gasteiger partial charge in [0.15, 0.2) is 11.5 Å². The summed E-state index contributed by atoms with van der Waals surface area (Å²) in [6.07, 6.45) is 0. The van der Waals surface area contributed by atoms with Crippen molar-refractivity contribution in [2.24, 2.45) is 0 Å². The van der Waals surface area contributed by atoms with Crippen LogP contribution in [0.25, 0.3) is 0 Å². The molecule has 0 radical (unpaired) electrons. The number of hydrogen-bond acceptors (Lipinski definition) is 3. The third-order valence-corrected chi connectivity index (χ3v) is 3.69. The molecule has 0 spiro atoms. The third kappa shape index (κ3) is 3.33. The van der Waals surface area contributed by atoms with E-state index >= 15 is 0 Å². The molecule has 20 heavy (non-hydrogen) atoms. The summed E-state index contributed by atoms with van der Waals surface area (Å²) in [5.74, 6) is 1.50. The van der Waals surface area contributed by atoms with Gasteiger partial charge in [-0.15, -0.1) is 0 Å². The fourth-order valence-electron chi connectivity index (χ4n) is 2.06. The minimum Gasteiger partial charge on any atom is -0.493 e. The highest BCUT2D eigenvalue weighted by molar-refractivity contribution is 9.08. The quantitative estimate of drug-likeness (QED) is 0.753. The molecule has 0 bridgehead atoms. The van der Waals surface area contributed by atoms with E-state index in [0.717, 1.165) is 40.3 Å². The number of alkyl halides is 1. The van der Waals surface area contributed by atoms with Crippen molar-refractivity contribution in [2.45, 2.75) is 32.3 Å². The average molecular weight is 339 g/mol. The van der Waals surface area contributed by atoms with Crippen molar-refractivity contribution >= 4 is 15.9 Å². The fraction of sp³-hybridized carbons (Fsp3) is 0.400. The lowest BCUT2D eigenvalue weighted by Gasteiger charge is -2.12. The van der Waals surface area contributed by atoms with Crippen molar-refractivity contribution in [3.05, 3.63) is 41.2 Å². The molecule has 0 saturated heterocycles. The van der Waals surface area contributed by atoms with Crippen LogP contribution in [-0.4, -0.2) is 16.9 Å². The second-order valence-electron chi connectivity index (χ2n) is 4.50. The number of benzene rings is 1. The van der Waals surface area contributed by atoms with E-state index in [0.29, 0.717) is 6.61 Å². The zero-order chi connectivity index (χ0) is 14.5. The van der Waals surface area contributed by atoms with E-state index < -0.39 is 0 Å². The second-order valence-corrected chi connectivity index (χ2v) is 5.06. The number of halogens is 1. The van der Waals surface area contributed by atoms with E-state index in [1.54, 1.807) is 7.11 Å². The van der Waals surface area contributed by atoms with Crippen molar-refractivity contribution in [1.82, 2.24) is 9.78 Å². The topological polar surface area (TPSA) is 36.3 Å². The van der Waals surface area contributed by atoms with Gasteiger partial charge < -0.3 is 9.47 Å². The van der Waals surface area contributed by atoms with Gasteiger partial charge in [0.25, 0.3) is 0 Å². The summed E-state index contributed by atoms with van der Waals surface area (Å²) in [5, 5.41) is 5.21. The molecule has 0 N–H and O–H groups in total. The largest absolute Gasteiger partial charge is 0.493 e. The molecule has 2 aromatic rings. The molecule has 0 aliphatic rings. The molecule has 1 aromatic carbocycles. The molecular formula is C15H19BrN2O2. The molecule has 0 saturated carbocycles. The van der Waals surface area contributed by atoms with E-state index in [4.69, 9.17) is 9.47 Å². The first-order valence-corrected chi connectivity index (χ1v) is 7.69. The Morgan fingerprint density at radius 1 is 1.25 bits per heavy atom. The molecule has 0 aliphatic carbocycles. The molecule has 1 heterocycles. The maximum atomic E-state index is 5.91. The highest BCUT2D eigenvalue weighted by atomic mass is 79.9. The third-order valence-electron chi connectivity index (χ3n) is 3.04. The number of ether oxygens (including phenoxy) is 2. The van der Waals surface area contributed by atoms with Gasteiger partial charge >= 0.3 is 0 Å². The minimum atomic E-state index is 0.483. The number of hydrogen-bond donors (Lipinski definition) is 0. The lowest BCUT2D eigenvalue weighted by Crippen LogP contribution is -2.06. The summed E-state index contributed by atoms with van der Waals surface area (Å²) in [5.41, 5.74) is 3.23. The molecular weight excluding hydrogens is 320 g/mol.